The third kappa shape index (κ3) is 17.4. The number of carbonyl (C=O) groups excluding carboxylic acids is 6. The van der Waals surface area contributed by atoms with Crippen LogP contribution in [0.2, 0.25) is 0 Å². The topological polar surface area (TPSA) is 238 Å². The molecule has 310 valence electrons. The zero-order valence-electron chi connectivity index (χ0n) is 34.1. The molecule has 20 heteroatoms. The van der Waals surface area contributed by atoms with Gasteiger partial charge in [-0.3, -0.25) is 0 Å². The number of esters is 6. The highest BCUT2D eigenvalue weighted by molar-refractivity contribution is 6.01. The molecular formula is C36H52N6O14. The van der Waals surface area contributed by atoms with Crippen LogP contribution in [-0.4, -0.2) is 128 Å². The third-order valence-electron chi connectivity index (χ3n) is 5.92. The van der Waals surface area contributed by atoms with Gasteiger partial charge in [-0.2, -0.15) is 0 Å². The van der Waals surface area contributed by atoms with E-state index in [0.717, 1.165) is 9.36 Å². The second kappa shape index (κ2) is 20.0. The lowest BCUT2D eigenvalue weighted by Gasteiger charge is -2.21. The van der Waals surface area contributed by atoms with Gasteiger partial charge in [-0.15, -0.1) is 10.2 Å². The molecule has 2 aromatic rings. The second-order valence-corrected chi connectivity index (χ2v) is 15.8. The molecule has 0 saturated carbocycles. The van der Waals surface area contributed by atoms with Crippen molar-refractivity contribution in [2.24, 2.45) is 0 Å². The summed E-state index contributed by atoms with van der Waals surface area (Å²) in [5, 5.41) is 15.4. The van der Waals surface area contributed by atoms with Crippen LogP contribution < -0.4 is 0 Å². The van der Waals surface area contributed by atoms with Gasteiger partial charge in [-0.05, 0) is 83.1 Å². The summed E-state index contributed by atoms with van der Waals surface area (Å²) in [7, 11) is 0. The summed E-state index contributed by atoms with van der Waals surface area (Å²) >= 11 is 0. The largest absolute Gasteiger partial charge is 0.455 e. The van der Waals surface area contributed by atoms with Gasteiger partial charge in [0.15, 0.2) is 11.4 Å². The van der Waals surface area contributed by atoms with Crippen molar-refractivity contribution in [2.75, 3.05) is 39.6 Å². The minimum absolute atomic E-state index is 0.00369. The molecule has 0 bridgehead atoms. The van der Waals surface area contributed by atoms with Crippen LogP contribution in [0.15, 0.2) is 0 Å². The molecular weight excluding hydrogens is 740 g/mol. The van der Waals surface area contributed by atoms with Crippen molar-refractivity contribution in [3.63, 3.8) is 0 Å². The average Bonchev–Trinajstić information content (AvgIpc) is 3.65. The van der Waals surface area contributed by atoms with Crippen LogP contribution in [0.25, 0.3) is 0 Å². The number of rotatable bonds is 16. The van der Waals surface area contributed by atoms with Crippen LogP contribution in [0.3, 0.4) is 0 Å². The Hall–Kier alpha value is -5.42. The van der Waals surface area contributed by atoms with E-state index < -0.39 is 58.2 Å². The summed E-state index contributed by atoms with van der Waals surface area (Å²) in [6, 6.07) is 0. The van der Waals surface area contributed by atoms with Gasteiger partial charge in [0.25, 0.3) is 0 Å². The highest BCUT2D eigenvalue weighted by Gasteiger charge is 2.33. The molecule has 0 radical (unpaired) electrons. The van der Waals surface area contributed by atoms with Gasteiger partial charge in [-0.25, -0.2) is 38.1 Å². The van der Waals surface area contributed by atoms with Crippen molar-refractivity contribution >= 4 is 35.8 Å². The SMILES string of the molecule is CC(C)(C)OC(=O)c1nnn(CCOCCOC(=O)C#CC(=O)OCCOCCn2nnc(C(=O)OC(C)(C)C)c2C(=O)OC(C)(C)C)c1C(=O)OC(C)(C)C. The van der Waals surface area contributed by atoms with E-state index in [1.165, 1.54) is 0 Å². The van der Waals surface area contributed by atoms with E-state index in [2.05, 4.69) is 20.6 Å². The Labute approximate surface area is 325 Å². The van der Waals surface area contributed by atoms with Crippen LogP contribution in [0.5, 0.6) is 0 Å². The average molecular weight is 793 g/mol. The molecule has 20 nitrogen and oxygen atoms in total. The zero-order valence-corrected chi connectivity index (χ0v) is 34.1. The molecule has 2 heterocycles. The molecule has 0 aliphatic heterocycles. The predicted octanol–water partition coefficient (Wildman–Crippen LogP) is 2.51. The summed E-state index contributed by atoms with van der Waals surface area (Å²) in [6.45, 7) is 19.4. The van der Waals surface area contributed by atoms with Gasteiger partial charge in [0.2, 0.25) is 11.4 Å². The number of hydrogen-bond acceptors (Lipinski definition) is 18. The van der Waals surface area contributed by atoms with Gasteiger partial charge >= 0.3 is 35.8 Å². The lowest BCUT2D eigenvalue weighted by Crippen LogP contribution is -2.29. The first-order valence-electron chi connectivity index (χ1n) is 17.6. The zero-order chi connectivity index (χ0) is 42.5. The van der Waals surface area contributed by atoms with Crippen LogP contribution in [-0.2, 0) is 60.6 Å². The van der Waals surface area contributed by atoms with E-state index in [0.29, 0.717) is 0 Å². The fourth-order valence-electron chi connectivity index (χ4n) is 3.99. The quantitative estimate of drug-likeness (QED) is 0.0780. The number of aromatic nitrogens is 6. The molecule has 56 heavy (non-hydrogen) atoms. The van der Waals surface area contributed by atoms with Crippen LogP contribution >= 0.6 is 0 Å². The first-order valence-corrected chi connectivity index (χ1v) is 17.6. The van der Waals surface area contributed by atoms with Crippen molar-refractivity contribution in [1.29, 1.82) is 0 Å². The van der Waals surface area contributed by atoms with Crippen molar-refractivity contribution in [3.05, 3.63) is 22.8 Å². The highest BCUT2D eigenvalue weighted by atomic mass is 16.6. The fraction of sp³-hybridized carbons (Fsp3) is 0.667. The molecule has 0 spiro atoms. The molecule has 0 atom stereocenters. The van der Waals surface area contributed by atoms with Crippen molar-refractivity contribution in [3.8, 4) is 11.8 Å². The molecule has 0 N–H and O–H groups in total. The highest BCUT2D eigenvalue weighted by Crippen LogP contribution is 2.19. The maximum atomic E-state index is 12.9. The summed E-state index contributed by atoms with van der Waals surface area (Å²) in [5.74, 6) is -1.35. The Morgan fingerprint density at radius 1 is 0.464 bits per heavy atom. The Morgan fingerprint density at radius 3 is 1.07 bits per heavy atom. The van der Waals surface area contributed by atoms with E-state index in [1.54, 1.807) is 83.1 Å². The number of ether oxygens (including phenoxy) is 8. The maximum Gasteiger partial charge on any atom is 0.385 e. The first kappa shape index (κ1) is 46.7. The molecule has 0 fully saturated rings. The van der Waals surface area contributed by atoms with Crippen LogP contribution in [0, 0.1) is 11.8 Å². The number of nitrogens with zero attached hydrogens (tertiary/aromatic N) is 6. The fourth-order valence-corrected chi connectivity index (χ4v) is 3.99. The minimum atomic E-state index is -1.01. The Balaban J connectivity index is 1.78. The molecule has 0 unspecified atom stereocenters. The molecule has 0 aliphatic rings. The third-order valence-corrected chi connectivity index (χ3v) is 5.92. The smallest absolute Gasteiger partial charge is 0.385 e. The van der Waals surface area contributed by atoms with Gasteiger partial charge < -0.3 is 37.9 Å². The Morgan fingerprint density at radius 2 is 0.768 bits per heavy atom. The normalized spacial score (nSPS) is 11.9. The van der Waals surface area contributed by atoms with Crippen LogP contribution in [0.4, 0.5) is 0 Å². The predicted molar refractivity (Wildman–Crippen MR) is 192 cm³/mol. The lowest BCUT2D eigenvalue weighted by atomic mass is 10.2. The summed E-state index contributed by atoms with van der Waals surface area (Å²) in [5.41, 5.74) is -4.41. The standard InChI is InChI=1S/C36H52N6O14/c1-33(2,3)53-29(45)25-27(31(47)55-35(7,8)9)41(39-37-25)15-17-49-19-21-51-23(43)13-14-24(44)52-22-20-50-18-16-42-28(32(48)56-36(10,11)12)26(38-40-42)30(46)54-34(4,5)6/h15-22H2,1-12H3. The lowest BCUT2D eigenvalue weighted by molar-refractivity contribution is -0.140. The monoisotopic (exact) mass is 792 g/mol. The van der Waals surface area contributed by atoms with Crippen molar-refractivity contribution in [2.45, 2.75) is 119 Å². The molecule has 0 saturated heterocycles. The van der Waals surface area contributed by atoms with E-state index >= 15 is 0 Å². The molecule has 0 amide bonds. The van der Waals surface area contributed by atoms with Crippen molar-refractivity contribution < 1.29 is 66.7 Å². The minimum Gasteiger partial charge on any atom is -0.455 e. The molecule has 2 aromatic heterocycles. The second-order valence-electron chi connectivity index (χ2n) is 15.8. The Bertz CT molecular complexity index is 1650. The van der Waals surface area contributed by atoms with Gasteiger partial charge in [0.1, 0.15) is 35.6 Å². The van der Waals surface area contributed by atoms with Gasteiger partial charge in [0, 0.05) is 11.8 Å². The molecule has 0 aliphatic carbocycles. The van der Waals surface area contributed by atoms with Gasteiger partial charge in [-0.1, -0.05) is 10.4 Å². The van der Waals surface area contributed by atoms with E-state index in [4.69, 9.17) is 37.9 Å². The van der Waals surface area contributed by atoms with E-state index in [-0.39, 0.29) is 75.5 Å². The number of carbonyl (C=O) groups is 6. The summed E-state index contributed by atoms with van der Waals surface area (Å²) in [6.07, 6.45) is 0. The Kier molecular flexibility index (Phi) is 16.7. The van der Waals surface area contributed by atoms with E-state index in [1.807, 2.05) is 11.8 Å². The number of hydrogen-bond donors (Lipinski definition) is 0. The summed E-state index contributed by atoms with van der Waals surface area (Å²) < 4.78 is 44.6. The van der Waals surface area contributed by atoms with Crippen molar-refractivity contribution in [1.82, 2.24) is 30.0 Å². The maximum absolute atomic E-state index is 12.9. The van der Waals surface area contributed by atoms with Gasteiger partial charge in [0.05, 0.1) is 39.5 Å². The van der Waals surface area contributed by atoms with E-state index in [9.17, 15) is 28.8 Å². The molecule has 2 rings (SSSR count). The molecule has 0 aromatic carbocycles. The summed E-state index contributed by atoms with van der Waals surface area (Å²) in [4.78, 5) is 75.0. The van der Waals surface area contributed by atoms with Crippen LogP contribution in [0.1, 0.15) is 125 Å². The first-order chi connectivity index (χ1) is 25.8.